The van der Waals surface area contributed by atoms with Gasteiger partial charge in [-0.2, -0.15) is 0 Å². The molecule has 0 unspecified atom stereocenters. The first-order valence-electron chi connectivity index (χ1n) is 5.19. The lowest BCUT2D eigenvalue weighted by Gasteiger charge is -2.11. The third-order valence-electron chi connectivity index (χ3n) is 2.11. The Balaban J connectivity index is 2.77. The van der Waals surface area contributed by atoms with Crippen molar-refractivity contribution in [2.24, 2.45) is 0 Å². The number of benzene rings is 1. The van der Waals surface area contributed by atoms with Crippen molar-refractivity contribution in [1.82, 2.24) is 0 Å². The van der Waals surface area contributed by atoms with Gasteiger partial charge in [-0.15, -0.1) is 0 Å². The summed E-state index contributed by atoms with van der Waals surface area (Å²) in [4.78, 5) is 11.5. The van der Waals surface area contributed by atoms with Gasteiger partial charge in [0.25, 0.3) is 0 Å². The predicted molar refractivity (Wildman–Crippen MR) is 67.5 cm³/mol. The molecule has 0 spiro atoms. The second-order valence-corrected chi connectivity index (χ2v) is 4.16. The zero-order chi connectivity index (χ0) is 12.7. The molecule has 17 heavy (non-hydrogen) atoms. The van der Waals surface area contributed by atoms with Crippen molar-refractivity contribution in [2.45, 2.75) is 6.42 Å². The molecule has 0 N–H and O–H groups in total. The molecule has 0 bridgehead atoms. The Kier molecular flexibility index (Phi) is 6.00. The first-order chi connectivity index (χ1) is 8.20. The van der Waals surface area contributed by atoms with Crippen molar-refractivity contribution < 1.29 is 19.0 Å². The lowest BCUT2D eigenvalue weighted by Crippen LogP contribution is -2.08. The Hall–Kier alpha value is -1.07. The first-order valence-corrected chi connectivity index (χ1v) is 5.98. The molecule has 0 radical (unpaired) electrons. The van der Waals surface area contributed by atoms with Gasteiger partial charge in [-0.25, -0.2) is 4.79 Å². The summed E-state index contributed by atoms with van der Waals surface area (Å²) in [5.41, 5.74) is 0.416. The molecule has 0 aliphatic carbocycles. The van der Waals surface area contributed by atoms with Gasteiger partial charge in [0.15, 0.2) is 0 Å². The number of esters is 1. The third-order valence-corrected chi connectivity index (χ3v) is 2.74. The van der Waals surface area contributed by atoms with Crippen LogP contribution in [0.3, 0.4) is 0 Å². The molecule has 0 aliphatic heterocycles. The molecule has 1 rings (SSSR count). The van der Waals surface area contributed by atoms with Gasteiger partial charge in [0.2, 0.25) is 0 Å². The summed E-state index contributed by atoms with van der Waals surface area (Å²) in [6, 6.07) is 5.25. The van der Waals surface area contributed by atoms with Crippen molar-refractivity contribution in [3.63, 3.8) is 0 Å². The highest BCUT2D eigenvalue weighted by Crippen LogP contribution is 2.29. The van der Waals surface area contributed by atoms with Gasteiger partial charge in [0.1, 0.15) is 11.3 Å². The van der Waals surface area contributed by atoms with E-state index in [-0.39, 0.29) is 0 Å². The smallest absolute Gasteiger partial charge is 0.341 e. The van der Waals surface area contributed by atoms with E-state index in [0.29, 0.717) is 24.5 Å². The topological polar surface area (TPSA) is 44.8 Å². The molecular weight excluding hydrogens is 288 g/mol. The molecule has 4 nitrogen and oxygen atoms in total. The summed E-state index contributed by atoms with van der Waals surface area (Å²) in [6.07, 6.45) is 0.762. The molecule has 0 heterocycles. The maximum Gasteiger partial charge on any atom is 0.341 e. The highest BCUT2D eigenvalue weighted by molar-refractivity contribution is 9.10. The molecule has 0 fully saturated rings. The van der Waals surface area contributed by atoms with Crippen LogP contribution in [0, 0.1) is 0 Å². The van der Waals surface area contributed by atoms with Crippen molar-refractivity contribution in [2.75, 3.05) is 27.4 Å². The van der Waals surface area contributed by atoms with Crippen LogP contribution in [0.4, 0.5) is 0 Å². The van der Waals surface area contributed by atoms with E-state index >= 15 is 0 Å². The summed E-state index contributed by atoms with van der Waals surface area (Å²) in [6.45, 7) is 1.11. The fourth-order valence-electron chi connectivity index (χ4n) is 1.30. The van der Waals surface area contributed by atoms with Crippen molar-refractivity contribution in [3.05, 3.63) is 28.2 Å². The monoisotopic (exact) mass is 302 g/mol. The lowest BCUT2D eigenvalue weighted by molar-refractivity contribution is 0.0595. The van der Waals surface area contributed by atoms with Gasteiger partial charge in [-0.1, -0.05) is 6.07 Å². The summed E-state index contributed by atoms with van der Waals surface area (Å²) >= 11 is 3.35. The second-order valence-electron chi connectivity index (χ2n) is 3.30. The van der Waals surface area contributed by atoms with E-state index in [1.807, 2.05) is 6.07 Å². The molecular formula is C12H15BrO4. The maximum atomic E-state index is 11.5. The Morgan fingerprint density at radius 2 is 2.06 bits per heavy atom. The zero-order valence-electron chi connectivity index (χ0n) is 9.86. The van der Waals surface area contributed by atoms with Crippen LogP contribution in [0.25, 0.3) is 0 Å². The molecule has 1 aromatic rings. The van der Waals surface area contributed by atoms with Crippen LogP contribution in [-0.4, -0.2) is 33.4 Å². The normalized spacial score (nSPS) is 10.1. The third kappa shape index (κ3) is 4.02. The molecule has 94 valence electrons. The van der Waals surface area contributed by atoms with Crippen LogP contribution in [0.5, 0.6) is 5.75 Å². The number of carbonyl (C=O) groups excluding carboxylic acids is 1. The number of methoxy groups -OCH3 is 2. The predicted octanol–water partition coefficient (Wildman–Crippen LogP) is 2.65. The fraction of sp³-hybridized carbons (Fsp3) is 0.417. The summed E-state index contributed by atoms with van der Waals surface area (Å²) in [5.74, 6) is 0.100. The van der Waals surface area contributed by atoms with Crippen molar-refractivity contribution in [1.29, 1.82) is 0 Å². The molecule has 0 atom stereocenters. The van der Waals surface area contributed by atoms with E-state index in [2.05, 4.69) is 15.9 Å². The Labute approximate surface area is 109 Å². The number of para-hydroxylation sites is 1. The quantitative estimate of drug-likeness (QED) is 0.598. The van der Waals surface area contributed by atoms with E-state index in [4.69, 9.17) is 14.2 Å². The van der Waals surface area contributed by atoms with E-state index in [1.54, 1.807) is 19.2 Å². The van der Waals surface area contributed by atoms with Gasteiger partial charge in [-0.3, -0.25) is 0 Å². The summed E-state index contributed by atoms with van der Waals surface area (Å²) in [7, 11) is 2.98. The van der Waals surface area contributed by atoms with Gasteiger partial charge in [0, 0.05) is 20.1 Å². The summed E-state index contributed by atoms with van der Waals surface area (Å²) in [5, 5.41) is 0. The number of ether oxygens (including phenoxy) is 3. The number of hydrogen-bond donors (Lipinski definition) is 0. The number of rotatable bonds is 6. The molecule has 0 saturated carbocycles. The largest absolute Gasteiger partial charge is 0.491 e. The minimum atomic E-state index is -0.409. The van der Waals surface area contributed by atoms with Crippen molar-refractivity contribution >= 4 is 21.9 Å². The van der Waals surface area contributed by atoms with Crippen LogP contribution >= 0.6 is 15.9 Å². The molecule has 0 aromatic heterocycles. The van der Waals surface area contributed by atoms with Crippen LogP contribution in [0.2, 0.25) is 0 Å². The van der Waals surface area contributed by atoms with E-state index in [9.17, 15) is 4.79 Å². The van der Waals surface area contributed by atoms with E-state index in [0.717, 1.165) is 10.9 Å². The average Bonchev–Trinajstić information content (AvgIpc) is 2.35. The Morgan fingerprint density at radius 3 is 2.71 bits per heavy atom. The molecule has 0 amide bonds. The average molecular weight is 303 g/mol. The van der Waals surface area contributed by atoms with Crippen molar-refractivity contribution in [3.8, 4) is 5.75 Å². The van der Waals surface area contributed by atoms with Crippen LogP contribution in [0.1, 0.15) is 16.8 Å². The highest BCUT2D eigenvalue weighted by atomic mass is 79.9. The fourth-order valence-corrected chi connectivity index (χ4v) is 1.78. The standard InChI is InChI=1S/C12H15BrO4/c1-15-7-4-8-17-11-9(12(14)16-2)5-3-6-10(11)13/h3,5-6H,4,7-8H2,1-2H3. The number of halogens is 1. The maximum absolute atomic E-state index is 11.5. The van der Waals surface area contributed by atoms with E-state index < -0.39 is 5.97 Å². The van der Waals surface area contributed by atoms with Crippen LogP contribution in [-0.2, 0) is 9.47 Å². The number of hydrogen-bond acceptors (Lipinski definition) is 4. The van der Waals surface area contributed by atoms with Gasteiger partial charge < -0.3 is 14.2 Å². The first kappa shape index (κ1) is 14.0. The van der Waals surface area contributed by atoms with Crippen LogP contribution in [0.15, 0.2) is 22.7 Å². The lowest BCUT2D eigenvalue weighted by atomic mass is 10.2. The summed E-state index contributed by atoms with van der Waals surface area (Å²) < 4.78 is 15.9. The SMILES string of the molecule is COCCCOc1c(Br)cccc1C(=O)OC. The van der Waals surface area contributed by atoms with Crippen LogP contribution < -0.4 is 4.74 Å². The zero-order valence-corrected chi connectivity index (χ0v) is 11.5. The molecule has 0 aliphatic rings. The highest BCUT2D eigenvalue weighted by Gasteiger charge is 2.15. The minimum absolute atomic E-state index is 0.409. The van der Waals surface area contributed by atoms with Gasteiger partial charge in [-0.05, 0) is 28.1 Å². The van der Waals surface area contributed by atoms with E-state index in [1.165, 1.54) is 7.11 Å². The van der Waals surface area contributed by atoms with Gasteiger partial charge >= 0.3 is 5.97 Å². The second kappa shape index (κ2) is 7.29. The number of carbonyl (C=O) groups is 1. The minimum Gasteiger partial charge on any atom is -0.491 e. The molecule has 1 aromatic carbocycles. The Morgan fingerprint density at radius 1 is 1.29 bits per heavy atom. The molecule has 5 heteroatoms. The van der Waals surface area contributed by atoms with Gasteiger partial charge in [0.05, 0.1) is 18.2 Å². The molecule has 0 saturated heterocycles. The Bertz CT molecular complexity index is 379.